The summed E-state index contributed by atoms with van der Waals surface area (Å²) in [5, 5.41) is 3.30. The number of piperazine rings is 1. The lowest BCUT2D eigenvalue weighted by atomic mass is 10.1. The third-order valence-electron chi connectivity index (χ3n) is 3.71. The lowest BCUT2D eigenvalue weighted by Crippen LogP contribution is -2.55. The summed E-state index contributed by atoms with van der Waals surface area (Å²) in [5.41, 5.74) is 1.54. The van der Waals surface area contributed by atoms with E-state index in [1.807, 2.05) is 13.0 Å². The predicted molar refractivity (Wildman–Crippen MR) is 65.4 cm³/mol. The number of alkyl halides is 3. The number of rotatable bonds is 1. The van der Waals surface area contributed by atoms with Crippen LogP contribution in [0.2, 0.25) is 0 Å². The molecular weight excluding hydrogens is 257 g/mol. The van der Waals surface area contributed by atoms with Crippen molar-refractivity contribution in [2.75, 3.05) is 18.0 Å². The van der Waals surface area contributed by atoms with Gasteiger partial charge in [0.15, 0.2) is 5.75 Å². The number of nitrogens with zero attached hydrogens (tertiary/aromatic N) is 1. The summed E-state index contributed by atoms with van der Waals surface area (Å²) in [6.07, 6.45) is -3.88. The molecule has 6 heteroatoms. The Morgan fingerprint density at radius 2 is 2.11 bits per heavy atom. The molecule has 3 nitrogen and oxygen atoms in total. The third-order valence-corrected chi connectivity index (χ3v) is 3.71. The number of benzene rings is 1. The minimum absolute atomic E-state index is 0.0822. The van der Waals surface area contributed by atoms with E-state index in [1.165, 1.54) is 6.07 Å². The van der Waals surface area contributed by atoms with E-state index in [2.05, 4.69) is 15.0 Å². The fourth-order valence-electron chi connectivity index (χ4n) is 3.08. The normalized spacial score (nSPS) is 26.0. The Labute approximate surface area is 109 Å². The van der Waals surface area contributed by atoms with E-state index in [1.54, 1.807) is 6.07 Å². The molecule has 0 saturated carbocycles. The van der Waals surface area contributed by atoms with Crippen LogP contribution < -0.4 is 15.0 Å². The van der Waals surface area contributed by atoms with Crippen LogP contribution in [-0.4, -0.2) is 31.5 Å². The zero-order valence-electron chi connectivity index (χ0n) is 10.5. The topological polar surface area (TPSA) is 24.5 Å². The van der Waals surface area contributed by atoms with Gasteiger partial charge in [-0.05, 0) is 25.0 Å². The smallest absolute Gasteiger partial charge is 0.404 e. The molecule has 0 amide bonds. The molecule has 2 atom stereocenters. The second-order valence-electron chi connectivity index (χ2n) is 5.08. The summed E-state index contributed by atoms with van der Waals surface area (Å²) in [6.45, 7) is 3.58. The molecule has 1 saturated heterocycles. The molecule has 1 aromatic carbocycles. The van der Waals surface area contributed by atoms with Crippen molar-refractivity contribution in [3.63, 3.8) is 0 Å². The second kappa shape index (κ2) is 4.30. The summed E-state index contributed by atoms with van der Waals surface area (Å²) in [4.78, 5) is 2.06. The highest BCUT2D eigenvalue weighted by Crippen LogP contribution is 2.43. The largest absolute Gasteiger partial charge is 0.573 e. The van der Waals surface area contributed by atoms with Crippen molar-refractivity contribution >= 4 is 5.69 Å². The Morgan fingerprint density at radius 3 is 2.84 bits per heavy atom. The molecule has 0 radical (unpaired) electrons. The number of ether oxygens (including phenoxy) is 1. The first-order valence-corrected chi connectivity index (χ1v) is 6.32. The van der Waals surface area contributed by atoms with Gasteiger partial charge in [-0.2, -0.15) is 0 Å². The number of hydrogen-bond donors (Lipinski definition) is 1. The highest BCUT2D eigenvalue weighted by molar-refractivity contribution is 5.69. The molecule has 0 aromatic heterocycles. The Hall–Kier alpha value is -1.43. The summed E-state index contributed by atoms with van der Waals surface area (Å²) >= 11 is 0. The van der Waals surface area contributed by atoms with Crippen molar-refractivity contribution in [1.82, 2.24) is 5.32 Å². The van der Waals surface area contributed by atoms with Crippen LogP contribution in [0.25, 0.3) is 0 Å². The third kappa shape index (κ3) is 2.25. The van der Waals surface area contributed by atoms with Crippen LogP contribution in [0.15, 0.2) is 18.2 Å². The van der Waals surface area contributed by atoms with Gasteiger partial charge in [-0.1, -0.05) is 12.1 Å². The molecule has 104 valence electrons. The average molecular weight is 272 g/mol. The highest BCUT2D eigenvalue weighted by atomic mass is 19.4. The lowest BCUT2D eigenvalue weighted by molar-refractivity contribution is -0.274. The second-order valence-corrected chi connectivity index (χ2v) is 5.08. The van der Waals surface area contributed by atoms with Gasteiger partial charge in [0.25, 0.3) is 0 Å². The minimum atomic E-state index is -4.65. The molecule has 1 fully saturated rings. The van der Waals surface area contributed by atoms with Gasteiger partial charge in [0.2, 0.25) is 0 Å². The maximum Gasteiger partial charge on any atom is 0.573 e. The molecule has 2 unspecified atom stereocenters. The van der Waals surface area contributed by atoms with Gasteiger partial charge in [-0.15, -0.1) is 13.2 Å². The van der Waals surface area contributed by atoms with Crippen LogP contribution in [0.5, 0.6) is 5.75 Å². The van der Waals surface area contributed by atoms with E-state index < -0.39 is 6.36 Å². The van der Waals surface area contributed by atoms with Crippen molar-refractivity contribution in [2.45, 2.75) is 31.8 Å². The van der Waals surface area contributed by atoms with Crippen molar-refractivity contribution in [1.29, 1.82) is 0 Å². The molecule has 0 aliphatic carbocycles. The zero-order chi connectivity index (χ0) is 13.6. The highest BCUT2D eigenvalue weighted by Gasteiger charge is 2.40. The van der Waals surface area contributed by atoms with Gasteiger partial charge >= 0.3 is 6.36 Å². The standard InChI is InChI=1S/C13H15F3N2O/c1-8-6-17-7-10-5-9-3-2-4-11(12(9)18(8)10)19-13(14,15)16/h2-4,8,10,17H,5-7H2,1H3. The van der Waals surface area contributed by atoms with Gasteiger partial charge in [0, 0.05) is 25.2 Å². The number of anilines is 1. The monoisotopic (exact) mass is 272 g/mol. The predicted octanol–water partition coefficient (Wildman–Crippen LogP) is 2.31. The van der Waals surface area contributed by atoms with E-state index in [9.17, 15) is 13.2 Å². The number of para-hydroxylation sites is 1. The van der Waals surface area contributed by atoms with Crippen molar-refractivity contribution < 1.29 is 17.9 Å². The fourth-order valence-corrected chi connectivity index (χ4v) is 3.08. The summed E-state index contributed by atoms with van der Waals surface area (Å²) < 4.78 is 41.6. The van der Waals surface area contributed by atoms with Crippen molar-refractivity contribution in [2.24, 2.45) is 0 Å². The van der Waals surface area contributed by atoms with E-state index in [0.29, 0.717) is 5.69 Å². The zero-order valence-corrected chi connectivity index (χ0v) is 10.5. The van der Waals surface area contributed by atoms with Crippen LogP contribution >= 0.6 is 0 Å². The van der Waals surface area contributed by atoms with Gasteiger partial charge in [-0.25, -0.2) is 0 Å². The molecule has 2 aliphatic rings. The molecule has 0 spiro atoms. The molecular formula is C13H15F3N2O. The molecule has 3 rings (SSSR count). The number of fused-ring (bicyclic) bond motifs is 3. The van der Waals surface area contributed by atoms with E-state index in [0.717, 1.165) is 25.1 Å². The van der Waals surface area contributed by atoms with Gasteiger partial charge in [0.1, 0.15) is 0 Å². The molecule has 1 N–H and O–H groups in total. The van der Waals surface area contributed by atoms with Crippen LogP contribution in [-0.2, 0) is 6.42 Å². The van der Waals surface area contributed by atoms with Crippen molar-refractivity contribution in [3.05, 3.63) is 23.8 Å². The molecule has 2 aliphatic heterocycles. The SMILES string of the molecule is CC1CNCC2Cc3cccc(OC(F)(F)F)c3N12. The van der Waals surface area contributed by atoms with Gasteiger partial charge in [0.05, 0.1) is 5.69 Å². The van der Waals surface area contributed by atoms with Crippen molar-refractivity contribution in [3.8, 4) is 5.75 Å². The lowest BCUT2D eigenvalue weighted by Gasteiger charge is -2.39. The average Bonchev–Trinajstić information content (AvgIpc) is 2.67. The van der Waals surface area contributed by atoms with E-state index in [4.69, 9.17) is 0 Å². The Morgan fingerprint density at radius 1 is 1.32 bits per heavy atom. The Bertz CT molecular complexity index is 489. The first-order valence-electron chi connectivity index (χ1n) is 6.32. The first kappa shape index (κ1) is 12.6. The fraction of sp³-hybridized carbons (Fsp3) is 0.538. The molecule has 1 aromatic rings. The number of nitrogens with one attached hydrogen (secondary N) is 1. The summed E-state index contributed by atoms with van der Waals surface area (Å²) in [6, 6.07) is 5.28. The van der Waals surface area contributed by atoms with Crippen LogP contribution in [0.1, 0.15) is 12.5 Å². The summed E-state index contributed by atoms with van der Waals surface area (Å²) in [5.74, 6) is -0.0822. The summed E-state index contributed by atoms with van der Waals surface area (Å²) in [7, 11) is 0. The Balaban J connectivity index is 2.00. The van der Waals surface area contributed by atoms with Crippen LogP contribution in [0.4, 0.5) is 18.9 Å². The van der Waals surface area contributed by atoms with Crippen LogP contribution in [0, 0.1) is 0 Å². The van der Waals surface area contributed by atoms with E-state index in [-0.39, 0.29) is 17.8 Å². The van der Waals surface area contributed by atoms with Gasteiger partial charge < -0.3 is 15.0 Å². The maximum absolute atomic E-state index is 12.5. The van der Waals surface area contributed by atoms with E-state index >= 15 is 0 Å². The van der Waals surface area contributed by atoms with Crippen LogP contribution in [0.3, 0.4) is 0 Å². The number of hydrogen-bond acceptors (Lipinski definition) is 3. The maximum atomic E-state index is 12.5. The first-order chi connectivity index (χ1) is 8.96. The Kier molecular flexibility index (Phi) is 2.85. The molecule has 0 bridgehead atoms. The molecule has 19 heavy (non-hydrogen) atoms. The minimum Gasteiger partial charge on any atom is -0.404 e. The van der Waals surface area contributed by atoms with Gasteiger partial charge in [-0.3, -0.25) is 0 Å². The number of halogens is 3. The quantitative estimate of drug-likeness (QED) is 0.849. The molecule has 2 heterocycles.